The third-order valence-electron chi connectivity index (χ3n) is 2.87. The maximum Gasteiger partial charge on any atom is 0.348 e. The molecule has 0 saturated heterocycles. The molecule has 21 heavy (non-hydrogen) atoms. The Morgan fingerprint density at radius 3 is 2.43 bits per heavy atom. The Morgan fingerprint density at radius 1 is 1.14 bits per heavy atom. The van der Waals surface area contributed by atoms with Crippen molar-refractivity contribution in [1.29, 1.82) is 0 Å². The largest absolute Gasteiger partial charge is 0.451 e. The van der Waals surface area contributed by atoms with Crippen molar-refractivity contribution in [3.63, 3.8) is 0 Å². The van der Waals surface area contributed by atoms with Gasteiger partial charge in [-0.2, -0.15) is 0 Å². The maximum atomic E-state index is 12.3. The first-order valence-corrected chi connectivity index (χ1v) is 7.55. The smallest absolute Gasteiger partial charge is 0.348 e. The lowest BCUT2D eigenvalue weighted by molar-refractivity contribution is -0.122. The van der Waals surface area contributed by atoms with Crippen molar-refractivity contribution in [2.75, 3.05) is 11.5 Å². The van der Waals surface area contributed by atoms with Crippen LogP contribution in [0.25, 0.3) is 0 Å². The molecule has 5 heteroatoms. The average Bonchev–Trinajstić information content (AvgIpc) is 3.00. The molecule has 0 atom stereocenters. The number of para-hydroxylation sites is 1. The minimum absolute atomic E-state index is 0.0136. The number of ether oxygens (including phenoxy) is 1. The summed E-state index contributed by atoms with van der Waals surface area (Å²) in [5.41, 5.74) is 0.796. The lowest BCUT2D eigenvalue weighted by Gasteiger charge is -2.26. The van der Waals surface area contributed by atoms with E-state index in [0.29, 0.717) is 4.88 Å². The monoisotopic (exact) mass is 303 g/mol. The number of thiophene rings is 1. The molecule has 0 aliphatic rings. The highest BCUT2D eigenvalue weighted by Crippen LogP contribution is 2.17. The zero-order valence-electron chi connectivity index (χ0n) is 12.0. The highest BCUT2D eigenvalue weighted by atomic mass is 32.1. The van der Waals surface area contributed by atoms with Crippen LogP contribution in [0.1, 0.15) is 23.5 Å². The summed E-state index contributed by atoms with van der Waals surface area (Å²) >= 11 is 1.29. The number of nitrogens with zero attached hydrogens (tertiary/aromatic N) is 1. The Morgan fingerprint density at radius 2 is 1.86 bits per heavy atom. The van der Waals surface area contributed by atoms with Gasteiger partial charge in [0.2, 0.25) is 0 Å². The number of rotatable bonds is 5. The van der Waals surface area contributed by atoms with Crippen molar-refractivity contribution >= 4 is 28.9 Å². The fourth-order valence-corrected chi connectivity index (χ4v) is 2.60. The van der Waals surface area contributed by atoms with E-state index >= 15 is 0 Å². The van der Waals surface area contributed by atoms with E-state index in [1.54, 1.807) is 22.4 Å². The number of hydrogen-bond acceptors (Lipinski definition) is 4. The van der Waals surface area contributed by atoms with E-state index in [9.17, 15) is 9.59 Å². The van der Waals surface area contributed by atoms with Crippen LogP contribution in [0.4, 0.5) is 5.69 Å². The number of carbonyl (C=O) groups excluding carboxylic acids is 2. The molecule has 0 radical (unpaired) electrons. The van der Waals surface area contributed by atoms with Crippen molar-refractivity contribution in [2.24, 2.45) is 0 Å². The molecule has 1 amide bonds. The molecule has 1 aromatic heterocycles. The van der Waals surface area contributed by atoms with Crippen LogP contribution in [0.2, 0.25) is 0 Å². The van der Waals surface area contributed by atoms with E-state index in [1.165, 1.54) is 11.3 Å². The summed E-state index contributed by atoms with van der Waals surface area (Å²) < 4.78 is 5.08. The van der Waals surface area contributed by atoms with Crippen LogP contribution in [-0.4, -0.2) is 24.5 Å². The summed E-state index contributed by atoms with van der Waals surface area (Å²) in [6, 6.07) is 12.8. The van der Waals surface area contributed by atoms with Crippen LogP contribution in [0.5, 0.6) is 0 Å². The number of anilines is 1. The minimum Gasteiger partial charge on any atom is -0.451 e. The molecule has 0 bridgehead atoms. The fourth-order valence-electron chi connectivity index (χ4n) is 1.98. The molecule has 2 rings (SSSR count). The Labute approximate surface area is 128 Å². The number of benzene rings is 1. The first-order chi connectivity index (χ1) is 10.1. The Kier molecular flexibility index (Phi) is 5.11. The van der Waals surface area contributed by atoms with Gasteiger partial charge in [-0.05, 0) is 37.4 Å². The fraction of sp³-hybridized carbons (Fsp3) is 0.250. The predicted molar refractivity (Wildman–Crippen MR) is 83.7 cm³/mol. The average molecular weight is 303 g/mol. The molecule has 110 valence electrons. The van der Waals surface area contributed by atoms with Crippen molar-refractivity contribution < 1.29 is 14.3 Å². The van der Waals surface area contributed by atoms with Gasteiger partial charge >= 0.3 is 5.97 Å². The normalized spacial score (nSPS) is 10.4. The van der Waals surface area contributed by atoms with Gasteiger partial charge in [-0.25, -0.2) is 4.79 Å². The molecule has 1 heterocycles. The zero-order chi connectivity index (χ0) is 15.2. The molecule has 0 unspecified atom stereocenters. The number of hydrogen-bond donors (Lipinski definition) is 0. The van der Waals surface area contributed by atoms with Crippen LogP contribution in [0, 0.1) is 0 Å². The Balaban J connectivity index is 2.02. The van der Waals surface area contributed by atoms with Gasteiger partial charge in [-0.3, -0.25) is 4.79 Å². The van der Waals surface area contributed by atoms with Crippen LogP contribution >= 0.6 is 11.3 Å². The van der Waals surface area contributed by atoms with Crippen LogP contribution < -0.4 is 4.90 Å². The molecule has 4 nitrogen and oxygen atoms in total. The second-order valence-corrected chi connectivity index (χ2v) is 5.69. The van der Waals surface area contributed by atoms with Gasteiger partial charge < -0.3 is 9.64 Å². The molecular formula is C16H17NO3S. The summed E-state index contributed by atoms with van der Waals surface area (Å²) in [6.07, 6.45) is 0. The predicted octanol–water partition coefficient (Wildman–Crippen LogP) is 3.35. The lowest BCUT2D eigenvalue weighted by atomic mass is 10.2. The number of carbonyl (C=O) groups is 2. The minimum atomic E-state index is -0.463. The van der Waals surface area contributed by atoms with Crippen LogP contribution in [-0.2, 0) is 9.53 Å². The van der Waals surface area contributed by atoms with E-state index in [-0.39, 0.29) is 18.6 Å². The van der Waals surface area contributed by atoms with Crippen molar-refractivity contribution in [3.05, 3.63) is 52.7 Å². The summed E-state index contributed by atoms with van der Waals surface area (Å²) in [6.45, 7) is 3.59. The second-order valence-electron chi connectivity index (χ2n) is 4.75. The first kappa shape index (κ1) is 15.3. The quantitative estimate of drug-likeness (QED) is 0.796. The molecule has 0 aliphatic heterocycles. The molecule has 0 N–H and O–H groups in total. The highest BCUT2D eigenvalue weighted by molar-refractivity contribution is 7.11. The Hall–Kier alpha value is -2.14. The van der Waals surface area contributed by atoms with Gasteiger partial charge in [0.25, 0.3) is 5.91 Å². The van der Waals surface area contributed by atoms with E-state index in [0.717, 1.165) is 5.69 Å². The van der Waals surface area contributed by atoms with Crippen molar-refractivity contribution in [3.8, 4) is 0 Å². The SMILES string of the molecule is CC(C)N(C(=O)COC(=O)c1cccs1)c1ccccc1. The van der Waals surface area contributed by atoms with Gasteiger partial charge in [0, 0.05) is 11.7 Å². The van der Waals surface area contributed by atoms with Crippen LogP contribution in [0.3, 0.4) is 0 Å². The second kappa shape index (κ2) is 7.04. The van der Waals surface area contributed by atoms with E-state index in [4.69, 9.17) is 4.74 Å². The highest BCUT2D eigenvalue weighted by Gasteiger charge is 2.20. The molecule has 0 saturated carbocycles. The summed E-state index contributed by atoms with van der Waals surface area (Å²) in [4.78, 5) is 26.2. The Bertz CT molecular complexity index is 593. The summed E-state index contributed by atoms with van der Waals surface area (Å²) in [5, 5.41) is 1.79. The van der Waals surface area contributed by atoms with Crippen molar-refractivity contribution in [1.82, 2.24) is 0 Å². The van der Waals surface area contributed by atoms with E-state index in [1.807, 2.05) is 44.2 Å². The topological polar surface area (TPSA) is 46.6 Å². The van der Waals surface area contributed by atoms with Gasteiger partial charge in [0.1, 0.15) is 4.88 Å². The van der Waals surface area contributed by atoms with E-state index < -0.39 is 5.97 Å². The van der Waals surface area contributed by atoms with Crippen LogP contribution in [0.15, 0.2) is 47.8 Å². The number of esters is 1. The van der Waals surface area contributed by atoms with Gasteiger partial charge in [0.15, 0.2) is 6.61 Å². The molecule has 2 aromatic rings. The summed E-state index contributed by atoms with van der Waals surface area (Å²) in [7, 11) is 0. The molecule has 0 spiro atoms. The summed E-state index contributed by atoms with van der Waals surface area (Å²) in [5.74, 6) is -0.698. The first-order valence-electron chi connectivity index (χ1n) is 6.67. The molecule has 1 aromatic carbocycles. The molecule has 0 aliphatic carbocycles. The third-order valence-corrected chi connectivity index (χ3v) is 3.72. The molecular weight excluding hydrogens is 286 g/mol. The molecule has 0 fully saturated rings. The van der Waals surface area contributed by atoms with E-state index in [2.05, 4.69) is 0 Å². The standard InChI is InChI=1S/C16H17NO3S/c1-12(2)17(13-7-4-3-5-8-13)15(18)11-20-16(19)14-9-6-10-21-14/h3-10,12H,11H2,1-2H3. The lowest BCUT2D eigenvalue weighted by Crippen LogP contribution is -2.39. The van der Waals surface area contributed by atoms with Gasteiger partial charge in [-0.15, -0.1) is 11.3 Å². The number of amides is 1. The van der Waals surface area contributed by atoms with Crippen molar-refractivity contribution in [2.45, 2.75) is 19.9 Å². The third kappa shape index (κ3) is 3.92. The zero-order valence-corrected chi connectivity index (χ0v) is 12.8. The van der Waals surface area contributed by atoms with Gasteiger partial charge in [0.05, 0.1) is 0 Å². The maximum absolute atomic E-state index is 12.3. The van der Waals surface area contributed by atoms with Gasteiger partial charge in [-0.1, -0.05) is 24.3 Å².